The first-order chi connectivity index (χ1) is 9.75. The Balaban J connectivity index is 2.10. The number of anilines is 1. The third kappa shape index (κ3) is 3.59. The van der Waals surface area contributed by atoms with Gasteiger partial charge in [-0.15, -0.1) is 13.2 Å². The third-order valence-corrected chi connectivity index (χ3v) is 3.86. The highest BCUT2D eigenvalue weighted by Gasteiger charge is 2.37. The van der Waals surface area contributed by atoms with Crippen molar-refractivity contribution >= 4 is 11.6 Å². The highest BCUT2D eigenvalue weighted by atomic mass is 19.4. The maximum atomic E-state index is 12.1. The van der Waals surface area contributed by atoms with Crippen molar-refractivity contribution in [1.29, 1.82) is 0 Å². The number of nitrogens with two attached hydrogens (primary N) is 1. The fourth-order valence-corrected chi connectivity index (χ4v) is 2.39. The van der Waals surface area contributed by atoms with Crippen molar-refractivity contribution in [2.75, 3.05) is 5.73 Å². The smallest absolute Gasteiger partial charge is 0.404 e. The molecule has 0 unspecified atom stereocenters. The third-order valence-electron chi connectivity index (χ3n) is 3.86. The molecule has 1 aliphatic rings. The van der Waals surface area contributed by atoms with Gasteiger partial charge in [0, 0.05) is 11.1 Å². The molecule has 0 spiro atoms. The molecule has 3 N–H and O–H groups in total. The van der Waals surface area contributed by atoms with Gasteiger partial charge >= 0.3 is 6.36 Å². The molecule has 0 heterocycles. The summed E-state index contributed by atoms with van der Waals surface area (Å²) < 4.78 is 40.2. The van der Waals surface area contributed by atoms with Crippen molar-refractivity contribution in [3.8, 4) is 5.75 Å². The van der Waals surface area contributed by atoms with Gasteiger partial charge in [0.1, 0.15) is 0 Å². The van der Waals surface area contributed by atoms with Crippen LogP contribution in [0.2, 0.25) is 0 Å². The molecule has 0 radical (unpaired) electrons. The predicted octanol–water partition coefficient (Wildman–Crippen LogP) is 3.23. The molecule has 0 aromatic heterocycles. The number of hydrogen-bond acceptors (Lipinski definition) is 3. The van der Waals surface area contributed by atoms with E-state index in [1.54, 1.807) is 0 Å². The standard InChI is InChI=1S/C14H17F3N2O2/c1-2-13(6-3-7-13)19-12(20)9-4-5-11(10(18)8-9)21-14(15,16)17/h4-5,8H,2-3,6-7,18H2,1H3,(H,19,20). The van der Waals surface area contributed by atoms with Crippen LogP contribution in [0.5, 0.6) is 5.75 Å². The van der Waals surface area contributed by atoms with E-state index in [-0.39, 0.29) is 22.7 Å². The van der Waals surface area contributed by atoms with Gasteiger partial charge in [-0.2, -0.15) is 0 Å². The molecule has 1 aromatic carbocycles. The van der Waals surface area contributed by atoms with E-state index in [1.807, 2.05) is 6.92 Å². The van der Waals surface area contributed by atoms with E-state index in [0.29, 0.717) is 0 Å². The van der Waals surface area contributed by atoms with E-state index >= 15 is 0 Å². The van der Waals surface area contributed by atoms with Crippen molar-refractivity contribution in [3.05, 3.63) is 23.8 Å². The number of nitrogen functional groups attached to an aromatic ring is 1. The lowest BCUT2D eigenvalue weighted by Gasteiger charge is -2.42. The van der Waals surface area contributed by atoms with E-state index in [4.69, 9.17) is 5.73 Å². The Hall–Kier alpha value is -1.92. The largest absolute Gasteiger partial charge is 0.573 e. The van der Waals surface area contributed by atoms with Crippen LogP contribution in [0.15, 0.2) is 18.2 Å². The van der Waals surface area contributed by atoms with Gasteiger partial charge in [-0.05, 0) is 43.9 Å². The van der Waals surface area contributed by atoms with E-state index in [9.17, 15) is 18.0 Å². The number of ether oxygens (including phenoxy) is 1. The van der Waals surface area contributed by atoms with Gasteiger partial charge in [-0.1, -0.05) is 6.92 Å². The minimum Gasteiger partial charge on any atom is -0.404 e. The highest BCUT2D eigenvalue weighted by molar-refractivity contribution is 5.96. The Morgan fingerprint density at radius 1 is 1.43 bits per heavy atom. The summed E-state index contributed by atoms with van der Waals surface area (Å²) in [5.41, 5.74) is 5.32. The minimum absolute atomic E-state index is 0.188. The van der Waals surface area contributed by atoms with Crippen LogP contribution in [0.1, 0.15) is 43.0 Å². The van der Waals surface area contributed by atoms with Gasteiger partial charge in [-0.25, -0.2) is 0 Å². The molecule has 0 bridgehead atoms. The normalized spacial score (nSPS) is 17.0. The molecule has 116 valence electrons. The van der Waals surface area contributed by atoms with Crippen LogP contribution in [0, 0.1) is 0 Å². The molecule has 1 saturated carbocycles. The lowest BCUT2D eigenvalue weighted by Crippen LogP contribution is -2.52. The molecule has 1 fully saturated rings. The summed E-state index contributed by atoms with van der Waals surface area (Å²) in [6.07, 6.45) is -1.09. The van der Waals surface area contributed by atoms with Gasteiger partial charge in [0.05, 0.1) is 5.69 Å². The van der Waals surface area contributed by atoms with Crippen molar-refractivity contribution in [3.63, 3.8) is 0 Å². The first-order valence-electron chi connectivity index (χ1n) is 6.72. The van der Waals surface area contributed by atoms with Gasteiger partial charge in [0.15, 0.2) is 5.75 Å². The topological polar surface area (TPSA) is 64.3 Å². The minimum atomic E-state index is -4.81. The summed E-state index contributed by atoms with van der Waals surface area (Å²) in [6, 6.07) is 3.52. The van der Waals surface area contributed by atoms with Crippen LogP contribution < -0.4 is 15.8 Å². The fraction of sp³-hybridized carbons (Fsp3) is 0.500. The number of halogens is 3. The van der Waals surface area contributed by atoms with Crippen LogP contribution in [0.3, 0.4) is 0 Å². The number of amides is 1. The second-order valence-electron chi connectivity index (χ2n) is 5.24. The summed E-state index contributed by atoms with van der Waals surface area (Å²) >= 11 is 0. The quantitative estimate of drug-likeness (QED) is 0.839. The zero-order valence-corrected chi connectivity index (χ0v) is 11.6. The average molecular weight is 302 g/mol. The van der Waals surface area contributed by atoms with Crippen molar-refractivity contribution in [2.45, 2.75) is 44.5 Å². The van der Waals surface area contributed by atoms with E-state index in [0.717, 1.165) is 31.7 Å². The Labute approximate surface area is 120 Å². The summed E-state index contributed by atoms with van der Waals surface area (Å²) in [6.45, 7) is 1.99. The molecule has 0 atom stereocenters. The van der Waals surface area contributed by atoms with Gasteiger partial charge in [0.25, 0.3) is 5.91 Å². The zero-order valence-electron chi connectivity index (χ0n) is 11.6. The fourth-order valence-electron chi connectivity index (χ4n) is 2.39. The predicted molar refractivity (Wildman–Crippen MR) is 71.9 cm³/mol. The van der Waals surface area contributed by atoms with Crippen LogP contribution in [-0.4, -0.2) is 17.8 Å². The maximum absolute atomic E-state index is 12.1. The second-order valence-corrected chi connectivity index (χ2v) is 5.24. The molecule has 4 nitrogen and oxygen atoms in total. The van der Waals surface area contributed by atoms with Gasteiger partial charge in [-0.3, -0.25) is 4.79 Å². The molecule has 1 amide bonds. The lowest BCUT2D eigenvalue weighted by molar-refractivity contribution is -0.274. The molecule has 7 heteroatoms. The van der Waals surface area contributed by atoms with Gasteiger partial charge in [0.2, 0.25) is 0 Å². The van der Waals surface area contributed by atoms with E-state index < -0.39 is 12.1 Å². The van der Waals surface area contributed by atoms with Crippen molar-refractivity contribution < 1.29 is 22.7 Å². The number of rotatable bonds is 4. The number of carbonyl (C=O) groups is 1. The summed E-state index contributed by atoms with van der Waals surface area (Å²) in [5, 5.41) is 2.93. The molecular weight excluding hydrogens is 285 g/mol. The number of hydrogen-bond donors (Lipinski definition) is 2. The summed E-state index contributed by atoms with van der Waals surface area (Å²) in [4.78, 5) is 12.1. The SMILES string of the molecule is CCC1(NC(=O)c2ccc(OC(F)(F)F)c(N)c2)CCC1. The van der Waals surface area contributed by atoms with Crippen LogP contribution >= 0.6 is 0 Å². The van der Waals surface area contributed by atoms with E-state index in [1.165, 1.54) is 12.1 Å². The molecule has 0 saturated heterocycles. The first kappa shape index (κ1) is 15.5. The van der Waals surface area contributed by atoms with Crippen LogP contribution in [0.4, 0.5) is 18.9 Å². The molecule has 21 heavy (non-hydrogen) atoms. The maximum Gasteiger partial charge on any atom is 0.573 e. The Bertz CT molecular complexity index is 534. The molecule has 1 aliphatic carbocycles. The highest BCUT2D eigenvalue weighted by Crippen LogP contribution is 2.35. The van der Waals surface area contributed by atoms with Crippen LogP contribution in [-0.2, 0) is 0 Å². The van der Waals surface area contributed by atoms with E-state index in [2.05, 4.69) is 10.1 Å². The number of carbonyl (C=O) groups excluding carboxylic acids is 1. The van der Waals surface area contributed by atoms with Crippen molar-refractivity contribution in [2.24, 2.45) is 0 Å². The summed E-state index contributed by atoms with van der Waals surface area (Å²) in [7, 11) is 0. The molecule has 0 aliphatic heterocycles. The summed E-state index contributed by atoms with van der Waals surface area (Å²) in [5.74, 6) is -0.838. The number of alkyl halides is 3. The average Bonchev–Trinajstić information content (AvgIpc) is 2.34. The van der Waals surface area contributed by atoms with Crippen LogP contribution in [0.25, 0.3) is 0 Å². The zero-order chi connectivity index (χ0) is 15.7. The second kappa shape index (κ2) is 5.46. The Kier molecular flexibility index (Phi) is 4.02. The Morgan fingerprint density at radius 2 is 2.10 bits per heavy atom. The molecule has 2 rings (SSSR count). The first-order valence-corrected chi connectivity index (χ1v) is 6.72. The monoisotopic (exact) mass is 302 g/mol. The molecule has 1 aromatic rings. The Morgan fingerprint density at radius 3 is 2.52 bits per heavy atom. The van der Waals surface area contributed by atoms with Crippen molar-refractivity contribution in [1.82, 2.24) is 5.32 Å². The molecular formula is C14H17F3N2O2. The van der Waals surface area contributed by atoms with Gasteiger partial charge < -0.3 is 15.8 Å². The lowest BCUT2D eigenvalue weighted by atomic mass is 9.74. The number of benzene rings is 1. The number of nitrogens with one attached hydrogen (secondary N) is 1.